The van der Waals surface area contributed by atoms with Gasteiger partial charge in [-0.3, -0.25) is 4.79 Å². The Bertz CT molecular complexity index is 2800. The van der Waals surface area contributed by atoms with Gasteiger partial charge in [-0.15, -0.1) is 0 Å². The summed E-state index contributed by atoms with van der Waals surface area (Å²) in [6, 6.07) is 64.9. The number of hydrogen-bond donors (Lipinski definition) is 1. The Hall–Kier alpha value is -8.10. The van der Waals surface area contributed by atoms with E-state index in [-0.39, 0.29) is 11.5 Å². The molecule has 2 heterocycles. The molecule has 0 saturated heterocycles. The fraction of sp³-hybridized carbons (Fsp3) is 0.107. The molecule has 2 aliphatic rings. The van der Waals surface area contributed by atoms with E-state index in [9.17, 15) is 9.90 Å². The molecule has 0 radical (unpaired) electrons. The number of anilines is 4. The summed E-state index contributed by atoms with van der Waals surface area (Å²) in [7, 11) is 0. The van der Waals surface area contributed by atoms with Crippen molar-refractivity contribution in [1.29, 1.82) is 0 Å². The molecule has 314 valence electrons. The van der Waals surface area contributed by atoms with E-state index in [0.717, 1.165) is 59.8 Å². The van der Waals surface area contributed by atoms with Crippen LogP contribution < -0.4 is 10.0 Å². The summed E-state index contributed by atoms with van der Waals surface area (Å²) in [4.78, 5) is 14.6. The molecule has 1 aliphatic heterocycles. The highest BCUT2D eigenvalue weighted by Gasteiger charge is 2.43. The van der Waals surface area contributed by atoms with Crippen LogP contribution in [-0.2, 0) is 24.2 Å². The van der Waals surface area contributed by atoms with Crippen LogP contribution >= 0.6 is 0 Å². The van der Waals surface area contributed by atoms with Gasteiger partial charge in [0.15, 0.2) is 0 Å². The topological polar surface area (TPSA) is 76.4 Å². The molecule has 64 heavy (non-hydrogen) atoms. The van der Waals surface area contributed by atoms with Gasteiger partial charge in [0.25, 0.3) is 0 Å². The fourth-order valence-corrected chi connectivity index (χ4v) is 8.25. The van der Waals surface area contributed by atoms with Gasteiger partial charge in [-0.25, -0.2) is 10.0 Å². The van der Waals surface area contributed by atoms with E-state index in [0.29, 0.717) is 35.6 Å². The molecule has 0 atom stereocenters. The van der Waals surface area contributed by atoms with E-state index in [4.69, 9.17) is 10.2 Å². The second kappa shape index (κ2) is 19.7. The highest BCUT2D eigenvalue weighted by Crippen LogP contribution is 2.40. The maximum absolute atomic E-state index is 14.6. The van der Waals surface area contributed by atoms with E-state index in [1.807, 2.05) is 180 Å². The number of allylic oxidation sites excluding steroid dienone is 4. The van der Waals surface area contributed by atoms with E-state index in [1.165, 1.54) is 11.1 Å². The number of ketones is 1. The van der Waals surface area contributed by atoms with Crippen LogP contribution in [0.1, 0.15) is 35.4 Å². The van der Waals surface area contributed by atoms with E-state index in [1.54, 1.807) is 0 Å². The second-order valence-corrected chi connectivity index (χ2v) is 15.7. The summed E-state index contributed by atoms with van der Waals surface area (Å²) < 4.78 is 4.22. The van der Waals surface area contributed by atoms with Crippen molar-refractivity contribution in [1.82, 2.24) is 4.57 Å². The van der Waals surface area contributed by atoms with E-state index >= 15 is 0 Å². The average molecular weight is 838 g/mol. The van der Waals surface area contributed by atoms with Crippen molar-refractivity contribution in [2.45, 2.75) is 32.2 Å². The summed E-state index contributed by atoms with van der Waals surface area (Å²) in [5.41, 5.74) is 9.77. The molecule has 0 saturated carbocycles. The van der Waals surface area contributed by atoms with E-state index in [2.05, 4.69) is 57.7 Å². The minimum Gasteiger partial charge on any atom is -0.506 e. The number of nitrogens with zero attached hydrogens (tertiary/aromatic N) is 6. The molecule has 0 unspecified atom stereocenters. The Balaban J connectivity index is 1.08. The quantitative estimate of drug-likeness (QED) is 0.0429. The standard InChI is InChI=1S/C56H48N6O2/c63-55-53(51-37-35-49(59(51)39-19-25-43-21-7-1-8-22-43)41-57-61(45-27-11-3-12-28-45)46-29-13-4-14-30-46)56(64)54(55)52-38-36-50(60(52)40-20-26-44-23-9-2-10-24-44)42-58-62(47-31-15-5-16-32-47)48-33-17-6-18-34-48/h1-18,21-24,27-38,41-42H,19-20,25-26,39-40H2/p+1. The molecule has 0 bridgehead atoms. The number of carbonyl (C=O) groups excluding carboxylic acids is 1. The second-order valence-electron chi connectivity index (χ2n) is 15.7. The maximum atomic E-state index is 14.6. The van der Waals surface area contributed by atoms with Gasteiger partial charge in [0, 0.05) is 25.1 Å². The van der Waals surface area contributed by atoms with Crippen molar-refractivity contribution in [3.8, 4) is 0 Å². The predicted octanol–water partition coefficient (Wildman–Crippen LogP) is 11.9. The number of hydrogen-bond acceptors (Lipinski definition) is 6. The minimum absolute atomic E-state index is 0.00723. The number of benzene rings is 6. The van der Waals surface area contributed by atoms with E-state index < -0.39 is 0 Å². The SMILES string of the molecule is O=C1C(c2ccc(/C=N/N(c3ccccc3)c3ccccc3)n2CCCc2ccccc2)=C(O)/C1=C1/C=CC(/C=N/N(c2ccccc2)c2ccccc2)=[N+]1CCCc1ccccc1. The van der Waals surface area contributed by atoms with Crippen LogP contribution in [0.15, 0.2) is 234 Å². The third-order valence-corrected chi connectivity index (χ3v) is 11.5. The largest absolute Gasteiger partial charge is 0.506 e. The Morgan fingerprint density at radius 2 is 0.969 bits per heavy atom. The molecule has 1 aromatic heterocycles. The van der Waals surface area contributed by atoms with Crippen LogP contribution in [0, 0.1) is 0 Å². The number of aliphatic hydroxyl groups is 1. The van der Waals surface area contributed by atoms with Crippen LogP contribution in [-0.4, -0.2) is 44.7 Å². The molecule has 8 heteroatoms. The molecule has 0 spiro atoms. The molecule has 1 aliphatic carbocycles. The average Bonchev–Trinajstić information content (AvgIpc) is 3.93. The Morgan fingerprint density at radius 1 is 0.516 bits per heavy atom. The van der Waals surface area contributed by atoms with Gasteiger partial charge in [0.1, 0.15) is 24.1 Å². The predicted molar refractivity (Wildman–Crippen MR) is 261 cm³/mol. The maximum Gasteiger partial charge on any atom is 0.226 e. The van der Waals surface area contributed by atoms with Crippen molar-refractivity contribution in [3.63, 3.8) is 0 Å². The zero-order chi connectivity index (χ0) is 43.5. The van der Waals surface area contributed by atoms with Crippen LogP contribution in [0.2, 0.25) is 0 Å². The summed E-state index contributed by atoms with van der Waals surface area (Å²) in [5, 5.41) is 25.9. The van der Waals surface area contributed by atoms with Crippen LogP contribution in [0.3, 0.4) is 0 Å². The van der Waals surface area contributed by atoms with Gasteiger partial charge in [-0.05, 0) is 91.1 Å². The van der Waals surface area contributed by atoms with Crippen molar-refractivity contribution < 1.29 is 14.5 Å². The van der Waals surface area contributed by atoms with Crippen molar-refractivity contribution in [2.24, 2.45) is 10.2 Å². The molecule has 6 aromatic carbocycles. The van der Waals surface area contributed by atoms with Gasteiger partial charge in [0.05, 0.1) is 45.9 Å². The minimum atomic E-state index is -0.195. The van der Waals surface area contributed by atoms with Crippen molar-refractivity contribution in [2.75, 3.05) is 16.6 Å². The summed E-state index contributed by atoms with van der Waals surface area (Å²) >= 11 is 0. The lowest BCUT2D eigenvalue weighted by Gasteiger charge is -2.23. The van der Waals surface area contributed by atoms with Crippen LogP contribution in [0.25, 0.3) is 5.57 Å². The highest BCUT2D eigenvalue weighted by atomic mass is 16.3. The highest BCUT2D eigenvalue weighted by molar-refractivity contribution is 6.39. The molecule has 8 nitrogen and oxygen atoms in total. The Kier molecular flexibility index (Phi) is 12.7. The first-order valence-electron chi connectivity index (χ1n) is 21.8. The molecular formula is C56H49N6O2+. The third kappa shape index (κ3) is 9.22. The monoisotopic (exact) mass is 837 g/mol. The Labute approximate surface area is 374 Å². The van der Waals surface area contributed by atoms with Gasteiger partial charge >= 0.3 is 0 Å². The molecule has 1 N–H and O–H groups in total. The zero-order valence-corrected chi connectivity index (χ0v) is 35.6. The number of carbonyl (C=O) groups is 1. The first kappa shape index (κ1) is 41.3. The summed E-state index contributed by atoms with van der Waals surface area (Å²) in [6.07, 6.45) is 11.0. The zero-order valence-electron chi connectivity index (χ0n) is 35.6. The molecule has 7 aromatic rings. The van der Waals surface area contributed by atoms with Crippen LogP contribution in [0.5, 0.6) is 0 Å². The number of hydrazone groups is 2. The van der Waals surface area contributed by atoms with Crippen molar-refractivity contribution >= 4 is 52.2 Å². The first-order chi connectivity index (χ1) is 31.6. The molecule has 0 amide bonds. The van der Waals surface area contributed by atoms with Gasteiger partial charge in [-0.2, -0.15) is 14.8 Å². The summed E-state index contributed by atoms with van der Waals surface area (Å²) in [5.74, 6) is -0.202. The lowest BCUT2D eigenvalue weighted by Crippen LogP contribution is -2.28. The number of aliphatic hydroxyl groups excluding tert-OH is 1. The first-order valence-corrected chi connectivity index (χ1v) is 21.8. The number of para-hydroxylation sites is 4. The molecule has 0 fully saturated rings. The molecular weight excluding hydrogens is 789 g/mol. The lowest BCUT2D eigenvalue weighted by molar-refractivity contribution is -0.467. The van der Waals surface area contributed by atoms with Gasteiger partial charge in [0.2, 0.25) is 17.2 Å². The lowest BCUT2D eigenvalue weighted by atomic mass is 9.84. The van der Waals surface area contributed by atoms with Gasteiger partial charge < -0.3 is 9.67 Å². The summed E-state index contributed by atoms with van der Waals surface area (Å²) in [6.45, 7) is 1.23. The fourth-order valence-electron chi connectivity index (χ4n) is 8.25. The normalized spacial score (nSPS) is 14.8. The number of aromatic nitrogens is 1. The Morgan fingerprint density at radius 3 is 1.45 bits per heavy atom. The number of Topliss-reactive ketones (excluding diaryl/α,β-unsaturated/α-hetero) is 1. The number of rotatable bonds is 17. The molecule has 9 rings (SSSR count). The number of aryl methyl sites for hydroxylation is 2. The smallest absolute Gasteiger partial charge is 0.226 e. The van der Waals surface area contributed by atoms with Crippen LogP contribution in [0.4, 0.5) is 22.7 Å². The third-order valence-electron chi connectivity index (χ3n) is 11.5. The van der Waals surface area contributed by atoms with Crippen molar-refractivity contribution in [3.05, 3.63) is 246 Å². The van der Waals surface area contributed by atoms with Gasteiger partial charge in [-0.1, -0.05) is 133 Å².